The molecule has 0 bridgehead atoms. The molecule has 0 saturated heterocycles. The van der Waals surface area contributed by atoms with E-state index in [0.717, 1.165) is 17.2 Å². The molecular weight excluding hydrogens is 264 g/mol. The molecule has 0 spiro atoms. The zero-order chi connectivity index (χ0) is 14.4. The molecule has 2 aromatic rings. The quantitative estimate of drug-likeness (QED) is 0.867. The van der Waals surface area contributed by atoms with Gasteiger partial charge in [0.25, 0.3) is 0 Å². The maximum Gasteiger partial charge on any atom is 0.246 e. The minimum Gasteiger partial charge on any atom is -0.329 e. The molecule has 1 saturated carbocycles. The first-order valence-electron chi connectivity index (χ1n) is 7.50. The van der Waals surface area contributed by atoms with Gasteiger partial charge in [0.15, 0.2) is 5.82 Å². The van der Waals surface area contributed by atoms with E-state index in [1.165, 1.54) is 12.8 Å². The number of amides is 1. The number of carbonyl (C=O) groups is 1. The highest BCUT2D eigenvalue weighted by atomic mass is 16.2. The molecule has 0 N–H and O–H groups in total. The van der Waals surface area contributed by atoms with Gasteiger partial charge in [-0.25, -0.2) is 0 Å². The van der Waals surface area contributed by atoms with E-state index in [4.69, 9.17) is 0 Å². The van der Waals surface area contributed by atoms with Gasteiger partial charge in [0.05, 0.1) is 6.54 Å². The summed E-state index contributed by atoms with van der Waals surface area (Å²) in [5, 5.41) is 8.63. The number of nitrogens with zero attached hydrogens (tertiary/aromatic N) is 4. The fourth-order valence-electron chi connectivity index (χ4n) is 3.05. The third-order valence-corrected chi connectivity index (χ3v) is 4.34. The molecule has 2 aliphatic rings. The Hall–Kier alpha value is -2.17. The zero-order valence-electron chi connectivity index (χ0n) is 12.1. The van der Waals surface area contributed by atoms with Crippen LogP contribution < -0.4 is 0 Å². The Labute approximate surface area is 123 Å². The number of hydrogen-bond acceptors (Lipinski definition) is 3. The number of hydrogen-bond donors (Lipinski definition) is 0. The highest BCUT2D eigenvalue weighted by Gasteiger charge is 2.37. The Balaban J connectivity index is 1.62. The van der Waals surface area contributed by atoms with E-state index in [-0.39, 0.29) is 11.9 Å². The highest BCUT2D eigenvalue weighted by molar-refractivity contribution is 5.81. The second-order valence-corrected chi connectivity index (χ2v) is 5.97. The van der Waals surface area contributed by atoms with Gasteiger partial charge in [-0.3, -0.25) is 4.79 Å². The SMILES string of the molecule is C[C@@H]1C(=O)N(Cc2ccccc2)Cc2nnc(C3CC3)n21. The van der Waals surface area contributed by atoms with Crippen molar-refractivity contribution < 1.29 is 4.79 Å². The molecule has 1 aliphatic carbocycles. The predicted octanol–water partition coefficient (Wildman–Crippen LogP) is 2.26. The maximum absolute atomic E-state index is 12.6. The van der Waals surface area contributed by atoms with Gasteiger partial charge in [-0.15, -0.1) is 10.2 Å². The first kappa shape index (κ1) is 12.6. The van der Waals surface area contributed by atoms with Crippen molar-refractivity contribution in [3.8, 4) is 0 Å². The summed E-state index contributed by atoms with van der Waals surface area (Å²) in [6.45, 7) is 3.14. The lowest BCUT2D eigenvalue weighted by Gasteiger charge is -2.32. The van der Waals surface area contributed by atoms with E-state index in [9.17, 15) is 4.79 Å². The molecule has 1 fully saturated rings. The molecule has 21 heavy (non-hydrogen) atoms. The number of carbonyl (C=O) groups excluding carboxylic acids is 1. The Morgan fingerprint density at radius 1 is 1.19 bits per heavy atom. The van der Waals surface area contributed by atoms with Crippen molar-refractivity contribution in [2.24, 2.45) is 0 Å². The highest BCUT2D eigenvalue weighted by Crippen LogP contribution is 2.41. The standard InChI is InChI=1S/C16H18N4O/c1-11-16(21)19(9-12-5-3-2-4-6-12)10-14-17-18-15(20(11)14)13-7-8-13/h2-6,11,13H,7-10H2,1H3/t11-/m1/s1. The smallest absolute Gasteiger partial charge is 0.246 e. The third kappa shape index (κ3) is 2.13. The lowest BCUT2D eigenvalue weighted by molar-refractivity contribution is -0.137. The summed E-state index contributed by atoms with van der Waals surface area (Å²) in [6.07, 6.45) is 2.35. The van der Waals surface area contributed by atoms with Gasteiger partial charge in [-0.1, -0.05) is 30.3 Å². The van der Waals surface area contributed by atoms with Gasteiger partial charge in [0.2, 0.25) is 5.91 Å². The van der Waals surface area contributed by atoms with Crippen molar-refractivity contribution in [3.63, 3.8) is 0 Å². The minimum atomic E-state index is -0.192. The predicted molar refractivity (Wildman–Crippen MR) is 77.4 cm³/mol. The summed E-state index contributed by atoms with van der Waals surface area (Å²) in [4.78, 5) is 14.5. The molecule has 1 aliphatic heterocycles. The summed E-state index contributed by atoms with van der Waals surface area (Å²) in [7, 11) is 0. The van der Waals surface area contributed by atoms with Crippen LogP contribution in [0.15, 0.2) is 30.3 Å². The van der Waals surface area contributed by atoms with E-state index < -0.39 is 0 Å². The fraction of sp³-hybridized carbons (Fsp3) is 0.438. The Morgan fingerprint density at radius 2 is 1.95 bits per heavy atom. The molecule has 5 nitrogen and oxygen atoms in total. The van der Waals surface area contributed by atoms with Gasteiger partial charge in [0.1, 0.15) is 11.9 Å². The molecule has 5 heteroatoms. The average molecular weight is 282 g/mol. The Bertz CT molecular complexity index is 675. The van der Waals surface area contributed by atoms with Gasteiger partial charge in [-0.2, -0.15) is 0 Å². The first-order valence-corrected chi connectivity index (χ1v) is 7.50. The van der Waals surface area contributed by atoms with Crippen molar-refractivity contribution in [1.29, 1.82) is 0 Å². The number of fused-ring (bicyclic) bond motifs is 1. The number of benzene rings is 1. The second kappa shape index (κ2) is 4.69. The summed E-state index contributed by atoms with van der Waals surface area (Å²) in [6, 6.07) is 9.90. The summed E-state index contributed by atoms with van der Waals surface area (Å²) in [5.41, 5.74) is 1.15. The van der Waals surface area contributed by atoms with E-state index in [0.29, 0.717) is 19.0 Å². The van der Waals surface area contributed by atoms with Gasteiger partial charge >= 0.3 is 0 Å². The van der Waals surface area contributed by atoms with E-state index in [1.54, 1.807) is 0 Å². The molecule has 1 aromatic heterocycles. The van der Waals surface area contributed by atoms with Crippen LogP contribution in [0.3, 0.4) is 0 Å². The van der Waals surface area contributed by atoms with Crippen molar-refractivity contribution in [2.45, 2.75) is 44.8 Å². The first-order chi connectivity index (χ1) is 10.2. The molecule has 108 valence electrons. The summed E-state index contributed by atoms with van der Waals surface area (Å²) < 4.78 is 2.06. The van der Waals surface area contributed by atoms with Crippen molar-refractivity contribution in [2.75, 3.05) is 0 Å². The normalized spacial score (nSPS) is 21.5. The van der Waals surface area contributed by atoms with Gasteiger partial charge in [0, 0.05) is 12.5 Å². The van der Waals surface area contributed by atoms with E-state index in [2.05, 4.69) is 14.8 Å². The molecule has 2 heterocycles. The van der Waals surface area contributed by atoms with Crippen LogP contribution in [0.2, 0.25) is 0 Å². The van der Waals surface area contributed by atoms with Crippen LogP contribution in [0.1, 0.15) is 48.9 Å². The lowest BCUT2D eigenvalue weighted by Crippen LogP contribution is -2.41. The van der Waals surface area contributed by atoms with Gasteiger partial charge in [-0.05, 0) is 25.3 Å². The topological polar surface area (TPSA) is 51.0 Å². The summed E-state index contributed by atoms with van der Waals surface area (Å²) >= 11 is 0. The van der Waals surface area contributed by atoms with E-state index >= 15 is 0 Å². The molecule has 1 atom stereocenters. The Kier molecular flexibility index (Phi) is 2.80. The molecule has 1 aromatic carbocycles. The van der Waals surface area contributed by atoms with Crippen LogP contribution in [0, 0.1) is 0 Å². The molecule has 1 amide bonds. The van der Waals surface area contributed by atoms with Crippen LogP contribution in [0.4, 0.5) is 0 Å². The molecule has 4 rings (SSSR count). The third-order valence-electron chi connectivity index (χ3n) is 4.34. The van der Waals surface area contributed by atoms with Crippen LogP contribution in [0.5, 0.6) is 0 Å². The van der Waals surface area contributed by atoms with E-state index in [1.807, 2.05) is 42.2 Å². The number of rotatable bonds is 3. The largest absolute Gasteiger partial charge is 0.329 e. The van der Waals surface area contributed by atoms with Crippen LogP contribution in [-0.4, -0.2) is 25.6 Å². The molecular formula is C16H18N4O. The van der Waals surface area contributed by atoms with Crippen molar-refractivity contribution in [3.05, 3.63) is 47.5 Å². The Morgan fingerprint density at radius 3 is 2.67 bits per heavy atom. The van der Waals surface area contributed by atoms with Gasteiger partial charge < -0.3 is 9.47 Å². The average Bonchev–Trinajstić information content (AvgIpc) is 3.26. The van der Waals surface area contributed by atoms with Crippen LogP contribution >= 0.6 is 0 Å². The second-order valence-electron chi connectivity index (χ2n) is 5.97. The van der Waals surface area contributed by atoms with Crippen LogP contribution in [0.25, 0.3) is 0 Å². The monoisotopic (exact) mass is 282 g/mol. The maximum atomic E-state index is 12.6. The van der Waals surface area contributed by atoms with Crippen molar-refractivity contribution >= 4 is 5.91 Å². The van der Waals surface area contributed by atoms with Crippen LogP contribution in [-0.2, 0) is 17.9 Å². The molecule has 0 unspecified atom stereocenters. The minimum absolute atomic E-state index is 0.160. The zero-order valence-corrected chi connectivity index (χ0v) is 12.1. The number of aromatic nitrogens is 3. The molecule has 0 radical (unpaired) electrons. The summed E-state index contributed by atoms with van der Waals surface area (Å²) in [5.74, 6) is 2.60. The fourth-order valence-corrected chi connectivity index (χ4v) is 3.05. The lowest BCUT2D eigenvalue weighted by atomic mass is 10.1. The van der Waals surface area contributed by atoms with Crippen molar-refractivity contribution in [1.82, 2.24) is 19.7 Å².